The van der Waals surface area contributed by atoms with Crippen molar-refractivity contribution in [1.29, 1.82) is 5.26 Å². The van der Waals surface area contributed by atoms with Crippen molar-refractivity contribution in [3.05, 3.63) is 71.3 Å². The molecule has 0 aliphatic rings. The van der Waals surface area contributed by atoms with Crippen molar-refractivity contribution in [2.45, 2.75) is 19.8 Å². The van der Waals surface area contributed by atoms with E-state index in [1.807, 2.05) is 30.3 Å². The molecule has 0 radical (unpaired) electrons. The molecule has 0 fully saturated rings. The summed E-state index contributed by atoms with van der Waals surface area (Å²) in [6, 6.07) is 15.1. The van der Waals surface area contributed by atoms with E-state index in [0.29, 0.717) is 16.8 Å². The first-order valence-corrected chi connectivity index (χ1v) is 8.28. The average Bonchev–Trinajstić information content (AvgIpc) is 2.64. The predicted octanol–water partition coefficient (Wildman–Crippen LogP) is 5.10. The number of aromatic nitrogens is 1. The van der Waals surface area contributed by atoms with Crippen molar-refractivity contribution in [3.63, 3.8) is 0 Å². The monoisotopic (exact) mass is 349 g/mol. The molecule has 2 N–H and O–H groups in total. The first-order chi connectivity index (χ1) is 12.5. The van der Waals surface area contributed by atoms with Crippen LogP contribution in [0.1, 0.15) is 24.5 Å². The lowest BCUT2D eigenvalue weighted by molar-refractivity contribution is 0.509. The van der Waals surface area contributed by atoms with E-state index in [1.54, 1.807) is 6.07 Å². The van der Waals surface area contributed by atoms with Crippen LogP contribution >= 0.6 is 0 Å². The quantitative estimate of drug-likeness (QED) is 0.713. The van der Waals surface area contributed by atoms with E-state index in [0.717, 1.165) is 30.5 Å². The van der Waals surface area contributed by atoms with Gasteiger partial charge in [0.05, 0.1) is 5.69 Å². The van der Waals surface area contributed by atoms with Gasteiger partial charge >= 0.3 is 0 Å². The van der Waals surface area contributed by atoms with E-state index in [9.17, 15) is 14.0 Å². The molecule has 3 rings (SSSR count). The highest BCUT2D eigenvalue weighted by atomic mass is 19.2. The minimum atomic E-state index is -0.979. The number of hydrogen-bond acceptors (Lipinski definition) is 3. The van der Waals surface area contributed by atoms with Gasteiger partial charge in [-0.25, -0.2) is 13.8 Å². The number of nitrogen functional groups attached to an aromatic ring is 1. The number of nitriles is 1. The van der Waals surface area contributed by atoms with Crippen molar-refractivity contribution in [2.24, 2.45) is 0 Å². The number of pyridine rings is 1. The SMILES string of the molecule is CCCc1ccc(-c2cc(-c3ccc(F)c(F)c3)c(C#N)c(N)n2)cc1. The Morgan fingerprint density at radius 3 is 2.31 bits per heavy atom. The van der Waals surface area contributed by atoms with E-state index in [-0.39, 0.29) is 11.4 Å². The Bertz CT molecular complexity index is 989. The standard InChI is InChI=1S/C21H17F2N3/c1-2-3-13-4-6-14(7-5-13)20-11-16(17(12-24)21(25)26-20)15-8-9-18(22)19(23)10-15/h4-11H,2-3H2,1H3,(H2,25,26). The van der Waals surface area contributed by atoms with E-state index in [4.69, 9.17) is 5.73 Å². The van der Waals surface area contributed by atoms with Gasteiger partial charge in [-0.3, -0.25) is 0 Å². The topological polar surface area (TPSA) is 62.7 Å². The van der Waals surface area contributed by atoms with Crippen molar-refractivity contribution in [3.8, 4) is 28.5 Å². The number of benzene rings is 2. The molecule has 130 valence electrons. The second-order valence-electron chi connectivity index (χ2n) is 6.00. The fourth-order valence-electron chi connectivity index (χ4n) is 2.85. The number of rotatable bonds is 4. The third-order valence-corrected chi connectivity index (χ3v) is 4.18. The van der Waals surface area contributed by atoms with E-state index >= 15 is 0 Å². The van der Waals surface area contributed by atoms with Gasteiger partial charge in [-0.05, 0) is 35.7 Å². The van der Waals surface area contributed by atoms with Gasteiger partial charge in [0.1, 0.15) is 17.5 Å². The predicted molar refractivity (Wildman–Crippen MR) is 98.1 cm³/mol. The van der Waals surface area contributed by atoms with E-state index < -0.39 is 11.6 Å². The zero-order chi connectivity index (χ0) is 18.7. The molecule has 0 saturated heterocycles. The molecular weight excluding hydrogens is 332 g/mol. The summed E-state index contributed by atoms with van der Waals surface area (Å²) in [6.07, 6.45) is 2.05. The molecule has 0 unspecified atom stereocenters. The molecule has 2 aromatic carbocycles. The van der Waals surface area contributed by atoms with Gasteiger partial charge in [0.2, 0.25) is 0 Å². The molecule has 3 nitrogen and oxygen atoms in total. The molecule has 26 heavy (non-hydrogen) atoms. The largest absolute Gasteiger partial charge is 0.383 e. The van der Waals surface area contributed by atoms with Crippen LogP contribution < -0.4 is 5.73 Å². The van der Waals surface area contributed by atoms with Gasteiger partial charge in [0.15, 0.2) is 11.6 Å². The Morgan fingerprint density at radius 2 is 1.69 bits per heavy atom. The molecule has 0 bridgehead atoms. The van der Waals surface area contributed by atoms with Crippen molar-refractivity contribution < 1.29 is 8.78 Å². The molecule has 5 heteroatoms. The van der Waals surface area contributed by atoms with Crippen molar-refractivity contribution in [1.82, 2.24) is 4.98 Å². The van der Waals surface area contributed by atoms with Crippen molar-refractivity contribution in [2.75, 3.05) is 5.73 Å². The maximum Gasteiger partial charge on any atom is 0.159 e. The maximum absolute atomic E-state index is 13.6. The first-order valence-electron chi connectivity index (χ1n) is 8.28. The number of halogens is 2. The molecule has 0 aliphatic carbocycles. The van der Waals surface area contributed by atoms with Gasteiger partial charge < -0.3 is 5.73 Å². The molecule has 1 heterocycles. The number of nitrogens with two attached hydrogens (primary N) is 1. The Labute approximate surface area is 150 Å². The molecule has 0 aliphatic heterocycles. The van der Waals surface area contributed by atoms with Crippen LogP contribution in [0.2, 0.25) is 0 Å². The minimum absolute atomic E-state index is 0.0577. The van der Waals surface area contributed by atoms with Gasteiger partial charge in [-0.15, -0.1) is 0 Å². The summed E-state index contributed by atoms with van der Waals surface area (Å²) in [6.45, 7) is 2.12. The fourth-order valence-corrected chi connectivity index (χ4v) is 2.85. The molecule has 0 atom stereocenters. The van der Waals surface area contributed by atoms with Gasteiger partial charge in [0, 0.05) is 11.1 Å². The zero-order valence-electron chi connectivity index (χ0n) is 14.3. The second-order valence-corrected chi connectivity index (χ2v) is 6.00. The van der Waals surface area contributed by atoms with Crippen LogP contribution in [-0.4, -0.2) is 4.98 Å². The third kappa shape index (κ3) is 3.40. The fraction of sp³-hybridized carbons (Fsp3) is 0.143. The smallest absolute Gasteiger partial charge is 0.159 e. The van der Waals surface area contributed by atoms with Crippen LogP contribution in [0.4, 0.5) is 14.6 Å². The highest BCUT2D eigenvalue weighted by molar-refractivity contribution is 5.80. The summed E-state index contributed by atoms with van der Waals surface area (Å²) in [5.74, 6) is -1.87. The average molecular weight is 349 g/mol. The summed E-state index contributed by atoms with van der Waals surface area (Å²) in [5.41, 5.74) is 9.52. The molecule has 1 aromatic heterocycles. The Morgan fingerprint density at radius 1 is 1.00 bits per heavy atom. The van der Waals surface area contributed by atoms with E-state index in [1.165, 1.54) is 11.6 Å². The van der Waals surface area contributed by atoms with Crippen LogP contribution in [0.5, 0.6) is 0 Å². The molecular formula is C21H17F2N3. The zero-order valence-corrected chi connectivity index (χ0v) is 14.3. The molecule has 0 saturated carbocycles. The van der Waals surface area contributed by atoms with E-state index in [2.05, 4.69) is 11.9 Å². The third-order valence-electron chi connectivity index (χ3n) is 4.18. The summed E-state index contributed by atoms with van der Waals surface area (Å²) in [5, 5.41) is 9.40. The lowest BCUT2D eigenvalue weighted by Crippen LogP contribution is -2.00. The number of anilines is 1. The van der Waals surface area contributed by atoms with Gasteiger partial charge in [-0.1, -0.05) is 43.7 Å². The summed E-state index contributed by atoms with van der Waals surface area (Å²) >= 11 is 0. The summed E-state index contributed by atoms with van der Waals surface area (Å²) < 4.78 is 26.9. The summed E-state index contributed by atoms with van der Waals surface area (Å²) in [4.78, 5) is 4.30. The van der Waals surface area contributed by atoms with Crippen molar-refractivity contribution >= 4 is 5.82 Å². The molecule has 3 aromatic rings. The normalized spacial score (nSPS) is 10.5. The lowest BCUT2D eigenvalue weighted by atomic mass is 9.97. The van der Waals surface area contributed by atoms with Gasteiger partial charge in [-0.2, -0.15) is 5.26 Å². The van der Waals surface area contributed by atoms with Crippen LogP contribution in [0.15, 0.2) is 48.5 Å². The highest BCUT2D eigenvalue weighted by Gasteiger charge is 2.15. The van der Waals surface area contributed by atoms with Gasteiger partial charge in [0.25, 0.3) is 0 Å². The number of hydrogen-bond donors (Lipinski definition) is 1. The minimum Gasteiger partial charge on any atom is -0.383 e. The van der Waals surface area contributed by atoms with Crippen LogP contribution in [0.25, 0.3) is 22.4 Å². The Hall–Kier alpha value is -3.26. The molecule has 0 amide bonds. The van der Waals surface area contributed by atoms with Crippen LogP contribution in [0, 0.1) is 23.0 Å². The second kappa shape index (κ2) is 7.32. The Balaban J connectivity index is 2.12. The van der Waals surface area contributed by atoms with Crippen LogP contribution in [0.3, 0.4) is 0 Å². The number of nitrogens with zero attached hydrogens (tertiary/aromatic N) is 2. The maximum atomic E-state index is 13.6. The number of aryl methyl sites for hydroxylation is 1. The lowest BCUT2D eigenvalue weighted by Gasteiger charge is -2.11. The first kappa shape index (κ1) is 17.6. The Kier molecular flexibility index (Phi) is 4.94. The molecule has 0 spiro atoms. The van der Waals surface area contributed by atoms with Crippen LogP contribution in [-0.2, 0) is 6.42 Å². The summed E-state index contributed by atoms with van der Waals surface area (Å²) in [7, 11) is 0. The highest BCUT2D eigenvalue weighted by Crippen LogP contribution is 2.32.